The van der Waals surface area contributed by atoms with Crippen molar-refractivity contribution in [2.45, 2.75) is 135 Å². The normalized spacial score (nSPS) is 14.4. The fourth-order valence-corrected chi connectivity index (χ4v) is 7.76. The maximum Gasteiger partial charge on any atom is 0.326 e. The van der Waals surface area contributed by atoms with Crippen LogP contribution in [0.15, 0.2) is 43.0 Å². The molecule has 0 saturated heterocycles. The molecule has 0 unspecified atom stereocenters. The second kappa shape index (κ2) is 30.2. The Kier molecular flexibility index (Phi) is 24.6. The van der Waals surface area contributed by atoms with Gasteiger partial charge in [0, 0.05) is 49.2 Å². The highest BCUT2D eigenvalue weighted by Gasteiger charge is 2.37. The molecular formula is C48H76N18O10. The van der Waals surface area contributed by atoms with E-state index in [1.54, 1.807) is 78.2 Å². The number of aromatic amines is 2. The van der Waals surface area contributed by atoms with E-state index in [1.165, 1.54) is 6.33 Å². The molecule has 0 saturated carbocycles. The summed E-state index contributed by atoms with van der Waals surface area (Å²) < 4.78 is 0. The Labute approximate surface area is 439 Å². The minimum atomic E-state index is -1.75. The van der Waals surface area contributed by atoms with Gasteiger partial charge in [0.25, 0.3) is 0 Å². The molecule has 2 heterocycles. The van der Waals surface area contributed by atoms with Gasteiger partial charge < -0.3 is 85.9 Å². The van der Waals surface area contributed by atoms with Gasteiger partial charge >= 0.3 is 5.97 Å². The summed E-state index contributed by atoms with van der Waals surface area (Å²) in [5, 5.41) is 48.9. The number of nitrogens with one attached hydrogen (secondary N) is 13. The molecule has 3 rings (SSSR count). The van der Waals surface area contributed by atoms with Gasteiger partial charge in [0.05, 0.1) is 24.5 Å². The van der Waals surface area contributed by atoms with Crippen molar-refractivity contribution in [3.63, 3.8) is 0 Å². The van der Waals surface area contributed by atoms with E-state index in [0.717, 1.165) is 0 Å². The number of carboxylic acids is 1. The number of carbonyl (C=O) groups is 9. The van der Waals surface area contributed by atoms with E-state index in [4.69, 9.17) is 33.8 Å². The van der Waals surface area contributed by atoms with E-state index in [2.05, 4.69) is 62.8 Å². The maximum absolute atomic E-state index is 14.7. The van der Waals surface area contributed by atoms with E-state index in [-0.39, 0.29) is 69.5 Å². The highest BCUT2D eigenvalue weighted by Crippen LogP contribution is 2.20. The summed E-state index contributed by atoms with van der Waals surface area (Å²) >= 11 is 0. The summed E-state index contributed by atoms with van der Waals surface area (Å²) in [6, 6.07) is -3.63. The number of aromatic nitrogens is 3. The van der Waals surface area contributed by atoms with Crippen molar-refractivity contribution in [1.82, 2.24) is 62.8 Å². The maximum atomic E-state index is 14.7. The number of carbonyl (C=O) groups excluding carboxylic acids is 8. The molecule has 1 aromatic carbocycles. The zero-order valence-electron chi connectivity index (χ0n) is 43.6. The molecule has 0 radical (unpaired) electrons. The van der Waals surface area contributed by atoms with Gasteiger partial charge in [-0.3, -0.25) is 49.2 Å². The van der Waals surface area contributed by atoms with Crippen LogP contribution in [-0.4, -0.2) is 147 Å². The first-order chi connectivity index (χ1) is 35.8. The average Bonchev–Trinajstić information content (AvgIpc) is 4.02. The van der Waals surface area contributed by atoms with Crippen molar-refractivity contribution < 1.29 is 48.3 Å². The summed E-state index contributed by atoms with van der Waals surface area (Å²) in [5.74, 6) is -10.4. The van der Waals surface area contributed by atoms with Crippen LogP contribution in [0.3, 0.4) is 0 Å². The van der Waals surface area contributed by atoms with Gasteiger partial charge in [-0.1, -0.05) is 59.7 Å². The standard InChI is InChI=1S/C48H76N18O10/c1-23(2)36(50)43(72)62-33(18-27-21-55-22-59-27)42(71)65-38(25(5)6)45(74)66-37(24(3)4)44(73)63-32(17-26-20-58-29-12-8-7-11-28(26)29)41(70)61-30(13-9-15-56-47(51)52)39(68)60-31(14-10-16-57-48(53)54)40(69)64-34(46(75)76)19-35(49)67/h7-8,11-12,20-25,30-34,36-38,58H,9-10,13-19,50H2,1-6H3,(H2,49,67)(H,55,59)(H,60,68)(H,61,70)(H,62,72)(H,63,73)(H,64,69)(H,65,71)(H,66,74)(H,75,76)(H4,51,52,56)(H4,53,54,57)/t30-,31-,32-,33-,34-,36-,37-,38-/m0/s1. The number of fused-ring (bicyclic) bond motifs is 1. The molecule has 0 aliphatic carbocycles. The molecule has 28 heteroatoms. The largest absolute Gasteiger partial charge is 0.480 e. The number of aliphatic carboxylic acids is 1. The van der Waals surface area contributed by atoms with Crippen LogP contribution in [0.2, 0.25) is 0 Å². The first kappa shape index (κ1) is 62.0. The van der Waals surface area contributed by atoms with Gasteiger partial charge in [0.2, 0.25) is 47.3 Å². The van der Waals surface area contributed by atoms with Crippen molar-refractivity contribution in [1.29, 1.82) is 10.8 Å². The third-order valence-corrected chi connectivity index (χ3v) is 12.1. The molecule has 0 aliphatic rings. The number of nitrogens with zero attached hydrogens (tertiary/aromatic N) is 1. The number of H-pyrrole nitrogens is 2. The third kappa shape index (κ3) is 20.2. The Hall–Kier alpha value is -8.30. The summed E-state index contributed by atoms with van der Waals surface area (Å²) in [4.78, 5) is 132. The van der Waals surface area contributed by atoms with Crippen LogP contribution in [0, 0.1) is 28.6 Å². The van der Waals surface area contributed by atoms with Crippen LogP contribution in [0.4, 0.5) is 0 Å². The van der Waals surface area contributed by atoms with E-state index in [1.807, 2.05) is 0 Å². The lowest BCUT2D eigenvalue weighted by molar-refractivity contribution is -0.143. The van der Waals surface area contributed by atoms with E-state index in [9.17, 15) is 48.3 Å². The van der Waals surface area contributed by atoms with Gasteiger partial charge in [0.1, 0.15) is 42.3 Å². The van der Waals surface area contributed by atoms with Crippen LogP contribution < -0.4 is 70.8 Å². The van der Waals surface area contributed by atoms with Crippen molar-refractivity contribution in [2.24, 2.45) is 40.7 Å². The van der Waals surface area contributed by atoms with Gasteiger partial charge in [-0.05, 0) is 55.1 Å². The molecule has 0 fully saturated rings. The van der Waals surface area contributed by atoms with Crippen LogP contribution in [-0.2, 0) is 56.0 Å². The lowest BCUT2D eigenvalue weighted by Crippen LogP contribution is -2.62. The molecule has 8 amide bonds. The smallest absolute Gasteiger partial charge is 0.326 e. The van der Waals surface area contributed by atoms with Gasteiger partial charge in [-0.25, -0.2) is 9.78 Å². The number of rotatable bonds is 32. The van der Waals surface area contributed by atoms with E-state index in [0.29, 0.717) is 22.2 Å². The van der Waals surface area contributed by atoms with Crippen LogP contribution in [0.1, 0.15) is 84.9 Å². The molecule has 0 aliphatic heterocycles. The molecule has 28 nitrogen and oxygen atoms in total. The molecule has 0 bridgehead atoms. The number of nitrogens with two attached hydrogens (primary N) is 4. The summed E-state index contributed by atoms with van der Waals surface area (Å²) in [6.07, 6.45) is 3.60. The van der Waals surface area contributed by atoms with Crippen LogP contribution in [0.25, 0.3) is 10.9 Å². The Balaban J connectivity index is 1.99. The summed E-state index contributed by atoms with van der Waals surface area (Å²) in [5.41, 5.74) is 23.9. The first-order valence-electron chi connectivity index (χ1n) is 24.9. The average molecular weight is 1070 g/mol. The molecule has 3 aromatic rings. The molecule has 76 heavy (non-hydrogen) atoms. The lowest BCUT2D eigenvalue weighted by Gasteiger charge is -2.30. The Morgan fingerprint density at radius 2 is 1.05 bits per heavy atom. The van der Waals surface area contributed by atoms with Gasteiger partial charge in [-0.2, -0.15) is 0 Å². The molecule has 0 spiro atoms. The minimum absolute atomic E-state index is 0.0471. The SMILES string of the molecule is CC(C)[C@H](N)C(=O)N[C@@H](Cc1c[nH]cn1)C(=O)N[C@H](C(=O)N[C@H](C(=O)N[C@@H](Cc1c[nH]c2ccccc12)C(=O)N[C@@H](CCCNC(=N)N)C(=O)N[C@@H](CCCNC(=N)N)C(=O)N[C@@H](CC(N)=O)C(=O)O)C(C)C)C(C)C. The fourth-order valence-electron chi connectivity index (χ4n) is 7.76. The van der Waals surface area contributed by atoms with Crippen LogP contribution in [0.5, 0.6) is 0 Å². The van der Waals surface area contributed by atoms with Gasteiger partial charge in [-0.15, -0.1) is 0 Å². The Morgan fingerprint density at radius 3 is 1.54 bits per heavy atom. The number of para-hydroxylation sites is 1. The van der Waals surface area contributed by atoms with Crippen molar-refractivity contribution in [2.75, 3.05) is 13.1 Å². The lowest BCUT2D eigenvalue weighted by atomic mass is 9.98. The highest BCUT2D eigenvalue weighted by atomic mass is 16.4. The Bertz CT molecular complexity index is 2500. The third-order valence-electron chi connectivity index (χ3n) is 12.1. The first-order valence-corrected chi connectivity index (χ1v) is 24.9. The number of hydrogen-bond donors (Lipinski definition) is 18. The van der Waals surface area contributed by atoms with Crippen molar-refractivity contribution in [3.8, 4) is 0 Å². The topological polar surface area (TPSA) is 478 Å². The number of benzene rings is 1. The fraction of sp³-hybridized carbons (Fsp3) is 0.542. The monoisotopic (exact) mass is 1060 g/mol. The number of carboxylic acid groups (broad SMARTS) is 1. The molecule has 2 aromatic heterocycles. The number of amides is 8. The second-order valence-electron chi connectivity index (χ2n) is 19.3. The highest BCUT2D eigenvalue weighted by molar-refractivity contribution is 5.98. The molecule has 418 valence electrons. The number of primary amides is 1. The molecular weight excluding hydrogens is 989 g/mol. The zero-order chi connectivity index (χ0) is 56.8. The number of imidazole rings is 1. The molecule has 22 N–H and O–H groups in total. The van der Waals surface area contributed by atoms with E-state index < -0.39 is 120 Å². The van der Waals surface area contributed by atoms with Crippen LogP contribution >= 0.6 is 0 Å². The Morgan fingerprint density at radius 1 is 0.592 bits per heavy atom. The van der Waals surface area contributed by atoms with Gasteiger partial charge in [0.15, 0.2) is 11.9 Å². The molecule has 8 atom stereocenters. The zero-order valence-corrected chi connectivity index (χ0v) is 43.6. The quantitative estimate of drug-likeness (QED) is 0.0167. The number of guanidine groups is 2. The van der Waals surface area contributed by atoms with E-state index >= 15 is 0 Å². The summed E-state index contributed by atoms with van der Waals surface area (Å²) in [6.45, 7) is 10.3. The van der Waals surface area contributed by atoms with Crippen molar-refractivity contribution >= 4 is 76.0 Å². The second-order valence-corrected chi connectivity index (χ2v) is 19.3. The van der Waals surface area contributed by atoms with Crippen molar-refractivity contribution in [3.05, 3.63) is 54.2 Å². The summed E-state index contributed by atoms with van der Waals surface area (Å²) in [7, 11) is 0. The predicted octanol–water partition coefficient (Wildman–Crippen LogP) is -3.15. The predicted molar refractivity (Wildman–Crippen MR) is 280 cm³/mol. The number of hydrogen-bond acceptors (Lipinski definition) is 13. The minimum Gasteiger partial charge on any atom is -0.480 e.